The summed E-state index contributed by atoms with van der Waals surface area (Å²) in [5.41, 5.74) is 0.599. The van der Waals surface area contributed by atoms with Gasteiger partial charge in [0.15, 0.2) is 11.6 Å². The highest BCUT2D eigenvalue weighted by Crippen LogP contribution is 2.40. The number of carbonyl (C=O) groups is 1. The van der Waals surface area contributed by atoms with Crippen molar-refractivity contribution in [2.45, 2.75) is 32.4 Å². The second kappa shape index (κ2) is 12.4. The second-order valence-corrected chi connectivity index (χ2v) is 9.47. The van der Waals surface area contributed by atoms with Gasteiger partial charge in [0.2, 0.25) is 5.89 Å². The predicted molar refractivity (Wildman–Crippen MR) is 138 cm³/mol. The highest BCUT2D eigenvalue weighted by atomic mass is 32.1. The van der Waals surface area contributed by atoms with Crippen LogP contribution in [-0.2, 0) is 10.9 Å². The minimum Gasteiger partial charge on any atom is -0.479 e. The number of halogens is 3. The zero-order chi connectivity index (χ0) is 28.0. The number of nitrogens with zero attached hydrogens (tertiary/aromatic N) is 4. The number of hydrogen-bond acceptors (Lipinski definition) is 10. The molecule has 1 atom stereocenters. The number of urea groups is 1. The lowest BCUT2D eigenvalue weighted by Gasteiger charge is -2.29. The molecule has 1 unspecified atom stereocenters. The summed E-state index contributed by atoms with van der Waals surface area (Å²) in [7, 11) is 1.77. The SMILES string of the molecule is CCCNC(=O)NC1=NCC(C2CC(c3n[nH]c(=O)o3)=CN=C2OCCNC)=C(c2nc(C(F)(F)F)cs2)C1. The van der Waals surface area contributed by atoms with Crippen molar-refractivity contribution in [3.8, 4) is 0 Å². The lowest BCUT2D eigenvalue weighted by atomic mass is 9.84. The summed E-state index contributed by atoms with van der Waals surface area (Å²) >= 11 is 0.854. The van der Waals surface area contributed by atoms with E-state index in [1.54, 1.807) is 7.05 Å². The van der Waals surface area contributed by atoms with E-state index in [4.69, 9.17) is 9.15 Å². The molecule has 12 nitrogen and oxygen atoms in total. The molecule has 0 bridgehead atoms. The van der Waals surface area contributed by atoms with Gasteiger partial charge in [-0.05, 0) is 31.0 Å². The molecule has 4 N–H and O–H groups in total. The van der Waals surface area contributed by atoms with Crippen LogP contribution in [0.15, 0.2) is 36.3 Å². The third-order valence-electron chi connectivity index (χ3n) is 5.82. The molecule has 0 fully saturated rings. The molecule has 16 heteroatoms. The molecule has 2 aliphatic heterocycles. The van der Waals surface area contributed by atoms with Gasteiger partial charge in [0.1, 0.15) is 17.5 Å². The van der Waals surface area contributed by atoms with Gasteiger partial charge in [-0.1, -0.05) is 6.92 Å². The van der Waals surface area contributed by atoms with Crippen LogP contribution in [-0.4, -0.2) is 66.2 Å². The zero-order valence-electron chi connectivity index (χ0n) is 21.1. The highest BCUT2D eigenvalue weighted by Gasteiger charge is 2.37. The van der Waals surface area contributed by atoms with E-state index in [1.165, 1.54) is 6.20 Å². The number of dihydropyridines is 1. The minimum absolute atomic E-state index is 0.0382. The van der Waals surface area contributed by atoms with Gasteiger partial charge in [0.25, 0.3) is 0 Å². The van der Waals surface area contributed by atoms with E-state index in [0.29, 0.717) is 41.5 Å². The maximum Gasteiger partial charge on any atom is 0.434 e. The summed E-state index contributed by atoms with van der Waals surface area (Å²) in [5, 5.41) is 15.5. The number of thiazole rings is 1. The molecule has 2 amide bonds. The average Bonchev–Trinajstić information content (AvgIpc) is 3.58. The molecule has 4 heterocycles. The van der Waals surface area contributed by atoms with Crippen molar-refractivity contribution in [1.29, 1.82) is 0 Å². The van der Waals surface area contributed by atoms with Crippen molar-refractivity contribution < 1.29 is 27.1 Å². The molecule has 2 aliphatic rings. The maximum atomic E-state index is 13.4. The van der Waals surface area contributed by atoms with Crippen LogP contribution in [0.25, 0.3) is 11.1 Å². The highest BCUT2D eigenvalue weighted by molar-refractivity contribution is 7.10. The van der Waals surface area contributed by atoms with Crippen LogP contribution in [0.3, 0.4) is 0 Å². The van der Waals surface area contributed by atoms with E-state index in [9.17, 15) is 22.8 Å². The van der Waals surface area contributed by atoms with Gasteiger partial charge in [-0.3, -0.25) is 10.3 Å². The number of hydrogen-bond donors (Lipinski definition) is 4. The van der Waals surface area contributed by atoms with Gasteiger partial charge < -0.3 is 19.8 Å². The monoisotopic (exact) mass is 568 g/mol. The van der Waals surface area contributed by atoms with Gasteiger partial charge in [0, 0.05) is 36.7 Å². The molecule has 210 valence electrons. The molecule has 0 aromatic carbocycles. The quantitative estimate of drug-likeness (QED) is 0.357. The zero-order valence-corrected chi connectivity index (χ0v) is 22.0. The molecule has 4 rings (SSSR count). The Morgan fingerprint density at radius 3 is 2.82 bits per heavy atom. The number of H-pyrrole nitrogens is 1. The van der Waals surface area contributed by atoms with Gasteiger partial charge >= 0.3 is 18.0 Å². The summed E-state index contributed by atoms with van der Waals surface area (Å²) in [4.78, 5) is 36.6. The van der Waals surface area contributed by atoms with Crippen LogP contribution >= 0.6 is 11.3 Å². The summed E-state index contributed by atoms with van der Waals surface area (Å²) in [6, 6.07) is -0.456. The molecule has 0 radical (unpaired) electrons. The standard InChI is InChI=1S/C23H27F3N8O4S/c1-3-4-28-21(35)32-17-8-14(20-31-16(11-39-20)23(24,25)26)15(10-29-17)13-7-12(18-33-34-22(36)38-18)9-30-19(13)37-6-5-27-2/h9,11,13,27H,3-8,10H2,1-2H3,(H,34,36)(H2,28,29,32,35). The van der Waals surface area contributed by atoms with Gasteiger partial charge in [-0.2, -0.15) is 13.2 Å². The Kier molecular flexibility index (Phi) is 8.96. The normalized spacial score (nSPS) is 17.9. The molecular formula is C23H27F3N8O4S. The van der Waals surface area contributed by atoms with E-state index in [0.717, 1.165) is 23.1 Å². The van der Waals surface area contributed by atoms with Crippen LogP contribution in [0.2, 0.25) is 0 Å². The first-order valence-corrected chi connectivity index (χ1v) is 13.0. The molecule has 2 aromatic heterocycles. The van der Waals surface area contributed by atoms with E-state index < -0.39 is 29.6 Å². The molecule has 0 spiro atoms. The number of aromatic amines is 1. The third-order valence-corrected chi connectivity index (χ3v) is 6.73. The number of alkyl halides is 3. The fourth-order valence-corrected chi connectivity index (χ4v) is 4.86. The van der Waals surface area contributed by atoms with Gasteiger partial charge in [-0.25, -0.2) is 24.7 Å². The van der Waals surface area contributed by atoms with Crippen LogP contribution in [0.1, 0.15) is 42.8 Å². The minimum atomic E-state index is -4.61. The Balaban J connectivity index is 1.71. The van der Waals surface area contributed by atoms with E-state index >= 15 is 0 Å². The molecular weight excluding hydrogens is 541 g/mol. The van der Waals surface area contributed by atoms with Gasteiger partial charge in [0.05, 0.1) is 12.5 Å². The number of aliphatic imine (C=N–C) groups is 2. The lowest BCUT2D eigenvalue weighted by Crippen LogP contribution is -2.41. The number of carbonyl (C=O) groups excluding carboxylic acids is 1. The number of allylic oxidation sites excluding steroid dienone is 1. The van der Waals surface area contributed by atoms with Crippen molar-refractivity contribution in [1.82, 2.24) is 31.1 Å². The van der Waals surface area contributed by atoms with Crippen molar-refractivity contribution in [2.75, 3.05) is 33.3 Å². The third kappa shape index (κ3) is 7.00. The average molecular weight is 569 g/mol. The van der Waals surface area contributed by atoms with Crippen molar-refractivity contribution >= 4 is 40.2 Å². The van der Waals surface area contributed by atoms with Crippen molar-refractivity contribution in [3.05, 3.63) is 44.3 Å². The molecule has 0 saturated carbocycles. The second-order valence-electron chi connectivity index (χ2n) is 8.61. The number of amidine groups is 1. The van der Waals surface area contributed by atoms with Crippen molar-refractivity contribution in [2.24, 2.45) is 15.9 Å². The van der Waals surface area contributed by atoms with E-state index in [2.05, 4.69) is 41.1 Å². The van der Waals surface area contributed by atoms with Crippen LogP contribution in [0.4, 0.5) is 18.0 Å². The Bertz CT molecular complexity index is 1370. The predicted octanol–water partition coefficient (Wildman–Crippen LogP) is 2.80. The number of ether oxygens (including phenoxy) is 1. The van der Waals surface area contributed by atoms with Gasteiger partial charge in [-0.15, -0.1) is 16.4 Å². The van der Waals surface area contributed by atoms with Crippen LogP contribution < -0.4 is 21.7 Å². The van der Waals surface area contributed by atoms with E-state index in [1.807, 2.05) is 6.92 Å². The maximum absolute atomic E-state index is 13.4. The number of aromatic nitrogens is 3. The van der Waals surface area contributed by atoms with E-state index in [-0.39, 0.29) is 36.9 Å². The smallest absolute Gasteiger partial charge is 0.434 e. The topological polar surface area (TPSA) is 159 Å². The van der Waals surface area contributed by atoms with Crippen molar-refractivity contribution in [3.63, 3.8) is 0 Å². The number of amides is 2. The Morgan fingerprint density at radius 2 is 2.15 bits per heavy atom. The first-order valence-electron chi connectivity index (χ1n) is 12.1. The summed E-state index contributed by atoms with van der Waals surface area (Å²) in [6.45, 7) is 3.24. The molecule has 39 heavy (non-hydrogen) atoms. The Morgan fingerprint density at radius 1 is 1.33 bits per heavy atom. The summed E-state index contributed by atoms with van der Waals surface area (Å²) in [5.74, 6) is -0.613. The number of likely N-dealkylation sites (N-methyl/N-ethyl adjacent to an activating group) is 1. The Hall–Kier alpha value is -3.79. The molecule has 0 aliphatic carbocycles. The molecule has 2 aromatic rings. The first-order chi connectivity index (χ1) is 18.7. The van der Waals surface area contributed by atoms with Crippen LogP contribution in [0, 0.1) is 5.92 Å². The number of rotatable bonds is 8. The first kappa shape index (κ1) is 28.2. The Labute approximate surface area is 224 Å². The lowest BCUT2D eigenvalue weighted by molar-refractivity contribution is -0.140. The largest absolute Gasteiger partial charge is 0.479 e. The van der Waals surface area contributed by atoms with Crippen LogP contribution in [0.5, 0.6) is 0 Å². The fraction of sp³-hybridized carbons (Fsp3) is 0.478. The summed E-state index contributed by atoms with van der Waals surface area (Å²) in [6.07, 6.45) is -2.13. The molecule has 0 saturated heterocycles. The summed E-state index contributed by atoms with van der Waals surface area (Å²) < 4.78 is 51.2. The fourth-order valence-electron chi connectivity index (χ4n) is 3.96. The number of nitrogens with one attached hydrogen (secondary N) is 4.